The predicted octanol–water partition coefficient (Wildman–Crippen LogP) is 3.28. The standard InChI is InChI=1S/C28H28N6O2/c35-26(22-11-17-34(18-12-22)27-31-15-6-16-32-27)33-25(21-7-2-1-3-8-21)28(36,23-9-4-13-29-19-23)24-10-5-14-30-20-24/h1-10,13-16,19-20,22,25,36H,11-12,17-18H2,(H,33,35)/t25-/m1/s1. The number of pyridine rings is 2. The summed E-state index contributed by atoms with van der Waals surface area (Å²) in [5.41, 5.74) is 0.348. The Balaban J connectivity index is 1.45. The van der Waals surface area contributed by atoms with Crippen molar-refractivity contribution < 1.29 is 9.90 Å². The number of piperidine rings is 1. The molecule has 0 unspecified atom stereocenters. The Kier molecular flexibility index (Phi) is 6.95. The summed E-state index contributed by atoms with van der Waals surface area (Å²) in [5, 5.41) is 15.6. The lowest BCUT2D eigenvalue weighted by Crippen LogP contribution is -2.48. The molecule has 0 bridgehead atoms. The first kappa shape index (κ1) is 23.6. The van der Waals surface area contributed by atoms with Crippen LogP contribution >= 0.6 is 0 Å². The van der Waals surface area contributed by atoms with Crippen LogP contribution in [0.3, 0.4) is 0 Å². The number of hydrogen-bond acceptors (Lipinski definition) is 7. The van der Waals surface area contributed by atoms with E-state index < -0.39 is 11.6 Å². The van der Waals surface area contributed by atoms with Crippen molar-refractivity contribution >= 4 is 11.9 Å². The molecule has 0 radical (unpaired) electrons. The Morgan fingerprint density at radius 2 is 1.47 bits per heavy atom. The van der Waals surface area contributed by atoms with Crippen LogP contribution in [0.1, 0.15) is 35.6 Å². The molecule has 0 spiro atoms. The second-order valence-corrected chi connectivity index (χ2v) is 8.91. The molecule has 1 fully saturated rings. The average Bonchev–Trinajstić information content (AvgIpc) is 2.97. The van der Waals surface area contributed by atoms with Crippen LogP contribution in [0.15, 0.2) is 97.8 Å². The van der Waals surface area contributed by atoms with Crippen molar-refractivity contribution in [2.24, 2.45) is 5.92 Å². The van der Waals surface area contributed by atoms with Crippen molar-refractivity contribution in [2.45, 2.75) is 24.5 Å². The summed E-state index contributed by atoms with van der Waals surface area (Å²) in [6.45, 7) is 1.38. The third kappa shape index (κ3) is 4.81. The van der Waals surface area contributed by atoms with Crippen LogP contribution in [-0.2, 0) is 10.4 Å². The number of nitrogens with one attached hydrogen (secondary N) is 1. The molecular weight excluding hydrogens is 452 g/mol. The van der Waals surface area contributed by atoms with E-state index in [0.717, 1.165) is 5.56 Å². The molecule has 1 aliphatic rings. The van der Waals surface area contributed by atoms with Crippen LogP contribution in [0.25, 0.3) is 0 Å². The van der Waals surface area contributed by atoms with E-state index in [2.05, 4.69) is 30.2 Å². The lowest BCUT2D eigenvalue weighted by molar-refractivity contribution is -0.128. The van der Waals surface area contributed by atoms with E-state index in [-0.39, 0.29) is 11.8 Å². The van der Waals surface area contributed by atoms with Gasteiger partial charge in [0.2, 0.25) is 11.9 Å². The molecule has 1 atom stereocenters. The fourth-order valence-electron chi connectivity index (χ4n) is 4.81. The quantitative estimate of drug-likeness (QED) is 0.418. The van der Waals surface area contributed by atoms with Crippen molar-refractivity contribution in [3.05, 3.63) is 115 Å². The largest absolute Gasteiger partial charge is 0.378 e. The van der Waals surface area contributed by atoms with Crippen LogP contribution < -0.4 is 10.2 Å². The molecule has 4 aromatic rings. The highest BCUT2D eigenvalue weighted by Gasteiger charge is 2.43. The number of carbonyl (C=O) groups is 1. The molecule has 5 rings (SSSR count). The number of rotatable bonds is 7. The van der Waals surface area contributed by atoms with Gasteiger partial charge in [0.25, 0.3) is 0 Å². The van der Waals surface area contributed by atoms with Crippen molar-refractivity contribution in [1.82, 2.24) is 25.3 Å². The molecule has 182 valence electrons. The van der Waals surface area contributed by atoms with Gasteiger partial charge < -0.3 is 15.3 Å². The zero-order valence-corrected chi connectivity index (χ0v) is 19.8. The minimum absolute atomic E-state index is 0.0938. The number of benzene rings is 1. The minimum Gasteiger partial charge on any atom is -0.378 e. The molecule has 1 amide bonds. The second-order valence-electron chi connectivity index (χ2n) is 8.91. The first-order chi connectivity index (χ1) is 17.7. The Bertz CT molecular complexity index is 1210. The van der Waals surface area contributed by atoms with Gasteiger partial charge in [-0.2, -0.15) is 0 Å². The van der Waals surface area contributed by atoms with E-state index in [9.17, 15) is 9.90 Å². The highest BCUT2D eigenvalue weighted by atomic mass is 16.3. The van der Waals surface area contributed by atoms with Gasteiger partial charge >= 0.3 is 0 Å². The number of nitrogens with zero attached hydrogens (tertiary/aromatic N) is 5. The summed E-state index contributed by atoms with van der Waals surface area (Å²) in [6, 6.07) is 17.8. The highest BCUT2D eigenvalue weighted by Crippen LogP contribution is 2.41. The van der Waals surface area contributed by atoms with Gasteiger partial charge in [-0.1, -0.05) is 42.5 Å². The summed E-state index contributed by atoms with van der Waals surface area (Å²) in [5.74, 6) is 0.396. The molecule has 4 heterocycles. The van der Waals surface area contributed by atoms with Crippen LogP contribution in [0.5, 0.6) is 0 Å². The number of anilines is 1. The van der Waals surface area contributed by atoms with Crippen LogP contribution in [0.4, 0.5) is 5.95 Å². The maximum atomic E-state index is 13.6. The molecule has 36 heavy (non-hydrogen) atoms. The summed E-state index contributed by atoms with van der Waals surface area (Å²) in [4.78, 5) is 32.9. The van der Waals surface area contributed by atoms with Gasteiger partial charge in [-0.3, -0.25) is 14.8 Å². The monoisotopic (exact) mass is 480 g/mol. The zero-order valence-electron chi connectivity index (χ0n) is 19.8. The molecule has 8 heteroatoms. The van der Waals surface area contributed by atoms with Gasteiger partial charge in [-0.25, -0.2) is 9.97 Å². The van der Waals surface area contributed by atoms with Gasteiger partial charge in [0.15, 0.2) is 0 Å². The molecule has 0 saturated carbocycles. The normalized spacial score (nSPS) is 15.3. The summed E-state index contributed by atoms with van der Waals surface area (Å²) < 4.78 is 0. The fourth-order valence-corrected chi connectivity index (χ4v) is 4.81. The molecule has 3 aromatic heterocycles. The molecule has 8 nitrogen and oxygen atoms in total. The Hall–Kier alpha value is -4.17. The van der Waals surface area contributed by atoms with Crippen molar-refractivity contribution in [2.75, 3.05) is 18.0 Å². The molecule has 1 saturated heterocycles. The van der Waals surface area contributed by atoms with Gasteiger partial charge in [0.05, 0.1) is 6.04 Å². The van der Waals surface area contributed by atoms with E-state index in [1.807, 2.05) is 42.5 Å². The van der Waals surface area contributed by atoms with Crippen molar-refractivity contribution in [1.29, 1.82) is 0 Å². The third-order valence-corrected chi connectivity index (χ3v) is 6.74. The van der Waals surface area contributed by atoms with E-state index in [4.69, 9.17) is 0 Å². The van der Waals surface area contributed by atoms with Gasteiger partial charge in [-0.15, -0.1) is 0 Å². The number of hydrogen-bond donors (Lipinski definition) is 2. The van der Waals surface area contributed by atoms with Crippen LogP contribution in [0.2, 0.25) is 0 Å². The fraction of sp³-hybridized carbons (Fsp3) is 0.250. The van der Waals surface area contributed by atoms with Gasteiger partial charge in [0, 0.05) is 67.3 Å². The smallest absolute Gasteiger partial charge is 0.225 e. The van der Waals surface area contributed by atoms with E-state index >= 15 is 0 Å². The first-order valence-corrected chi connectivity index (χ1v) is 12.1. The summed E-state index contributed by atoms with van der Waals surface area (Å²) >= 11 is 0. The minimum atomic E-state index is -1.59. The van der Waals surface area contributed by atoms with Gasteiger partial charge in [-0.05, 0) is 36.6 Å². The number of aromatic nitrogens is 4. The van der Waals surface area contributed by atoms with Gasteiger partial charge in [0.1, 0.15) is 5.60 Å². The van der Waals surface area contributed by atoms with Crippen molar-refractivity contribution in [3.63, 3.8) is 0 Å². The zero-order chi connectivity index (χ0) is 24.8. The lowest BCUT2D eigenvalue weighted by atomic mass is 9.78. The Morgan fingerprint density at radius 3 is 2.03 bits per heavy atom. The van der Waals surface area contributed by atoms with E-state index in [0.29, 0.717) is 43.0 Å². The Morgan fingerprint density at radius 1 is 0.861 bits per heavy atom. The number of carbonyl (C=O) groups excluding carboxylic acids is 1. The summed E-state index contributed by atoms with van der Waals surface area (Å²) in [7, 11) is 0. The molecule has 1 aromatic carbocycles. The molecule has 2 N–H and O–H groups in total. The highest BCUT2D eigenvalue weighted by molar-refractivity contribution is 5.80. The van der Waals surface area contributed by atoms with Crippen LogP contribution in [0, 0.1) is 5.92 Å². The maximum Gasteiger partial charge on any atom is 0.225 e. The average molecular weight is 481 g/mol. The number of amides is 1. The first-order valence-electron chi connectivity index (χ1n) is 12.1. The molecule has 0 aliphatic carbocycles. The molecule has 1 aliphatic heterocycles. The van der Waals surface area contributed by atoms with E-state index in [1.54, 1.807) is 55.4 Å². The third-order valence-electron chi connectivity index (χ3n) is 6.74. The lowest BCUT2D eigenvalue weighted by Gasteiger charge is -2.39. The predicted molar refractivity (Wildman–Crippen MR) is 136 cm³/mol. The topological polar surface area (TPSA) is 104 Å². The van der Waals surface area contributed by atoms with Crippen LogP contribution in [-0.4, -0.2) is 44.0 Å². The number of aliphatic hydroxyl groups is 1. The summed E-state index contributed by atoms with van der Waals surface area (Å²) in [6.07, 6.45) is 11.4. The SMILES string of the molecule is O=C(N[C@H](c1ccccc1)C(O)(c1cccnc1)c1cccnc1)C1CCN(c2ncccn2)CC1. The maximum absolute atomic E-state index is 13.6. The van der Waals surface area contributed by atoms with E-state index in [1.165, 1.54) is 0 Å². The molecular formula is C28H28N6O2. The second kappa shape index (κ2) is 10.6. The van der Waals surface area contributed by atoms with Crippen molar-refractivity contribution in [3.8, 4) is 0 Å². The Labute approximate surface area is 210 Å².